The third kappa shape index (κ3) is 2.21. The van der Waals surface area contributed by atoms with Crippen molar-refractivity contribution in [3.63, 3.8) is 0 Å². The smallest absolute Gasteiger partial charge is 0.255 e. The highest BCUT2D eigenvalue weighted by Gasteiger charge is 2.08. The summed E-state index contributed by atoms with van der Waals surface area (Å²) in [4.78, 5) is 14.9. The molecule has 0 aliphatic heterocycles. The molecule has 0 aliphatic carbocycles. The Morgan fingerprint density at radius 2 is 2.00 bits per heavy atom. The molecule has 100 valence electrons. The van der Waals surface area contributed by atoms with E-state index in [4.69, 9.17) is 10.5 Å². The summed E-state index contributed by atoms with van der Waals surface area (Å²) in [6.07, 6.45) is 5.35. The molecule has 2 aromatic carbocycles. The molecule has 20 heavy (non-hydrogen) atoms. The second-order valence-electron chi connectivity index (χ2n) is 4.35. The average Bonchev–Trinajstić information content (AvgIpc) is 2.98. The van der Waals surface area contributed by atoms with Crippen LogP contribution in [-0.2, 0) is 4.79 Å². The van der Waals surface area contributed by atoms with Crippen LogP contribution >= 0.6 is 0 Å². The van der Waals surface area contributed by atoms with E-state index in [1.807, 2.05) is 47.2 Å². The van der Waals surface area contributed by atoms with Gasteiger partial charge in [-0.15, -0.1) is 0 Å². The van der Waals surface area contributed by atoms with E-state index in [-0.39, 0.29) is 6.61 Å². The lowest BCUT2D eigenvalue weighted by atomic mass is 10.1. The van der Waals surface area contributed by atoms with Crippen LogP contribution in [0.25, 0.3) is 16.5 Å². The number of ether oxygens (including phenoxy) is 1. The molecule has 5 nitrogen and oxygen atoms in total. The van der Waals surface area contributed by atoms with Crippen molar-refractivity contribution in [1.82, 2.24) is 9.55 Å². The number of imidazole rings is 1. The number of primary amides is 1. The Hall–Kier alpha value is -2.82. The minimum Gasteiger partial charge on any atom is -0.483 e. The van der Waals surface area contributed by atoms with Crippen molar-refractivity contribution in [1.29, 1.82) is 0 Å². The van der Waals surface area contributed by atoms with Gasteiger partial charge in [-0.1, -0.05) is 24.3 Å². The zero-order valence-corrected chi connectivity index (χ0v) is 10.7. The van der Waals surface area contributed by atoms with Crippen molar-refractivity contribution in [3.05, 3.63) is 55.1 Å². The number of carbonyl (C=O) groups excluding carboxylic acids is 1. The van der Waals surface area contributed by atoms with Gasteiger partial charge in [0.25, 0.3) is 5.91 Å². The summed E-state index contributed by atoms with van der Waals surface area (Å²) in [5.41, 5.74) is 6.12. The molecule has 0 radical (unpaired) electrons. The molecule has 1 heterocycles. The summed E-state index contributed by atoms with van der Waals surface area (Å²) in [6.45, 7) is -0.131. The fraction of sp³-hybridized carbons (Fsp3) is 0.0667. The van der Waals surface area contributed by atoms with Gasteiger partial charge in [-0.05, 0) is 12.1 Å². The molecule has 0 saturated heterocycles. The summed E-state index contributed by atoms with van der Waals surface area (Å²) in [5.74, 6) is 0.149. The van der Waals surface area contributed by atoms with Crippen LogP contribution < -0.4 is 10.5 Å². The third-order valence-electron chi connectivity index (χ3n) is 3.01. The maximum Gasteiger partial charge on any atom is 0.255 e. The molecule has 0 unspecified atom stereocenters. The number of carbonyl (C=O) groups is 1. The third-order valence-corrected chi connectivity index (χ3v) is 3.01. The van der Waals surface area contributed by atoms with Gasteiger partial charge in [-0.2, -0.15) is 0 Å². The normalized spacial score (nSPS) is 10.6. The number of hydrogen-bond donors (Lipinski definition) is 1. The first kappa shape index (κ1) is 12.2. The molecule has 1 aromatic heterocycles. The number of amides is 1. The van der Waals surface area contributed by atoms with Crippen LogP contribution in [0.3, 0.4) is 0 Å². The monoisotopic (exact) mass is 267 g/mol. The molecule has 0 spiro atoms. The van der Waals surface area contributed by atoms with E-state index in [2.05, 4.69) is 4.98 Å². The predicted octanol–water partition coefficient (Wildman–Crippen LogP) is 1.89. The van der Waals surface area contributed by atoms with Gasteiger partial charge in [-0.25, -0.2) is 4.98 Å². The van der Waals surface area contributed by atoms with Crippen LogP contribution in [0.2, 0.25) is 0 Å². The van der Waals surface area contributed by atoms with Crippen molar-refractivity contribution in [2.75, 3.05) is 6.61 Å². The first-order valence-corrected chi connectivity index (χ1v) is 6.17. The second kappa shape index (κ2) is 5.05. The second-order valence-corrected chi connectivity index (χ2v) is 4.35. The Balaban J connectivity index is 2.12. The van der Waals surface area contributed by atoms with Crippen LogP contribution in [0.4, 0.5) is 0 Å². The summed E-state index contributed by atoms with van der Waals surface area (Å²) in [5, 5.41) is 1.95. The zero-order chi connectivity index (χ0) is 13.9. The Kier molecular flexibility index (Phi) is 3.09. The van der Waals surface area contributed by atoms with Crippen LogP contribution in [-0.4, -0.2) is 22.1 Å². The van der Waals surface area contributed by atoms with Gasteiger partial charge in [0.2, 0.25) is 0 Å². The molecule has 0 atom stereocenters. The molecule has 0 saturated carbocycles. The Bertz CT molecular complexity index is 751. The SMILES string of the molecule is NC(=O)COc1ccc(-n2ccnc2)c2ccccc12. The van der Waals surface area contributed by atoms with Crippen LogP contribution in [0.1, 0.15) is 0 Å². The first-order chi connectivity index (χ1) is 9.75. The number of nitrogens with two attached hydrogens (primary N) is 1. The Labute approximate surface area is 115 Å². The Morgan fingerprint density at radius 3 is 2.70 bits per heavy atom. The van der Waals surface area contributed by atoms with E-state index < -0.39 is 5.91 Å². The van der Waals surface area contributed by atoms with E-state index in [1.54, 1.807) is 12.5 Å². The lowest BCUT2D eigenvalue weighted by Crippen LogP contribution is -2.20. The van der Waals surface area contributed by atoms with Crippen molar-refractivity contribution in [2.45, 2.75) is 0 Å². The standard InChI is InChI=1S/C15H13N3O2/c16-15(19)9-20-14-6-5-13(18-8-7-17-10-18)11-3-1-2-4-12(11)14/h1-8,10H,9H2,(H2,16,19). The van der Waals surface area contributed by atoms with Crippen LogP contribution in [0.15, 0.2) is 55.1 Å². The number of benzene rings is 2. The number of aromatic nitrogens is 2. The quantitative estimate of drug-likeness (QED) is 0.784. The summed E-state index contributed by atoms with van der Waals surface area (Å²) < 4.78 is 7.38. The molecule has 3 rings (SSSR count). The highest BCUT2D eigenvalue weighted by atomic mass is 16.5. The van der Waals surface area contributed by atoms with Crippen molar-refractivity contribution < 1.29 is 9.53 Å². The average molecular weight is 267 g/mol. The van der Waals surface area contributed by atoms with Crippen molar-refractivity contribution in [3.8, 4) is 11.4 Å². The molecule has 0 aliphatic rings. The fourth-order valence-corrected chi connectivity index (χ4v) is 2.16. The summed E-state index contributed by atoms with van der Waals surface area (Å²) in [7, 11) is 0. The van der Waals surface area contributed by atoms with E-state index in [0.717, 1.165) is 16.5 Å². The number of hydrogen-bond acceptors (Lipinski definition) is 3. The van der Waals surface area contributed by atoms with E-state index >= 15 is 0 Å². The highest BCUT2D eigenvalue weighted by molar-refractivity contribution is 5.95. The zero-order valence-electron chi connectivity index (χ0n) is 10.7. The number of nitrogens with zero attached hydrogens (tertiary/aromatic N) is 2. The van der Waals surface area contributed by atoms with Gasteiger partial charge in [0.15, 0.2) is 6.61 Å². The minimum atomic E-state index is -0.493. The topological polar surface area (TPSA) is 70.1 Å². The van der Waals surface area contributed by atoms with E-state index in [0.29, 0.717) is 5.75 Å². The van der Waals surface area contributed by atoms with Gasteiger partial charge in [0.1, 0.15) is 5.75 Å². The van der Waals surface area contributed by atoms with E-state index in [9.17, 15) is 4.79 Å². The fourth-order valence-electron chi connectivity index (χ4n) is 2.16. The molecule has 5 heteroatoms. The predicted molar refractivity (Wildman–Crippen MR) is 75.8 cm³/mol. The highest BCUT2D eigenvalue weighted by Crippen LogP contribution is 2.30. The number of rotatable bonds is 4. The lowest BCUT2D eigenvalue weighted by molar-refractivity contribution is -0.119. The lowest BCUT2D eigenvalue weighted by Gasteiger charge is -2.12. The summed E-state index contributed by atoms with van der Waals surface area (Å²) in [6, 6.07) is 11.6. The first-order valence-electron chi connectivity index (χ1n) is 6.17. The number of fused-ring (bicyclic) bond motifs is 1. The van der Waals surface area contributed by atoms with E-state index in [1.165, 1.54) is 0 Å². The largest absolute Gasteiger partial charge is 0.483 e. The van der Waals surface area contributed by atoms with Gasteiger partial charge in [0.05, 0.1) is 12.0 Å². The van der Waals surface area contributed by atoms with Gasteiger partial charge in [-0.3, -0.25) is 4.79 Å². The van der Waals surface area contributed by atoms with Crippen molar-refractivity contribution in [2.24, 2.45) is 5.73 Å². The molecular formula is C15H13N3O2. The molecule has 3 aromatic rings. The molecule has 0 bridgehead atoms. The molecular weight excluding hydrogens is 254 g/mol. The van der Waals surface area contributed by atoms with Crippen LogP contribution in [0, 0.1) is 0 Å². The van der Waals surface area contributed by atoms with Crippen LogP contribution in [0.5, 0.6) is 5.75 Å². The molecule has 0 fully saturated rings. The van der Waals surface area contributed by atoms with Gasteiger partial charge >= 0.3 is 0 Å². The molecule has 1 amide bonds. The summed E-state index contributed by atoms with van der Waals surface area (Å²) >= 11 is 0. The maximum absolute atomic E-state index is 10.8. The van der Waals surface area contributed by atoms with Gasteiger partial charge in [0, 0.05) is 23.2 Å². The Morgan fingerprint density at radius 1 is 1.20 bits per heavy atom. The maximum atomic E-state index is 10.8. The molecule has 2 N–H and O–H groups in total. The minimum absolute atomic E-state index is 0.131. The van der Waals surface area contributed by atoms with Crippen molar-refractivity contribution >= 4 is 16.7 Å². The van der Waals surface area contributed by atoms with Gasteiger partial charge < -0.3 is 15.0 Å².